The van der Waals surface area contributed by atoms with Crippen LogP contribution in [0.3, 0.4) is 0 Å². The molecule has 1 heterocycles. The number of aliphatic hydroxyl groups is 1. The zero-order chi connectivity index (χ0) is 16.5. The van der Waals surface area contributed by atoms with Gasteiger partial charge in [0, 0.05) is 5.92 Å². The molecule has 0 aromatic heterocycles. The van der Waals surface area contributed by atoms with Crippen LogP contribution >= 0.6 is 0 Å². The van der Waals surface area contributed by atoms with Crippen LogP contribution in [0.15, 0.2) is 0 Å². The maximum absolute atomic E-state index is 12.7. The largest absolute Gasteiger partial charge is 0.386 e. The highest BCUT2D eigenvalue weighted by Crippen LogP contribution is 2.35. The summed E-state index contributed by atoms with van der Waals surface area (Å²) in [5.41, 5.74) is -0.317. The molecular formula is C18H35NO2. The highest BCUT2D eigenvalue weighted by Gasteiger charge is 2.43. The summed E-state index contributed by atoms with van der Waals surface area (Å²) in [7, 11) is 0. The van der Waals surface area contributed by atoms with Gasteiger partial charge in [-0.3, -0.25) is 4.79 Å². The van der Waals surface area contributed by atoms with Crippen LogP contribution in [-0.2, 0) is 4.79 Å². The van der Waals surface area contributed by atoms with Gasteiger partial charge in [0.25, 0.3) is 0 Å². The van der Waals surface area contributed by atoms with Crippen LogP contribution < -0.4 is 0 Å². The van der Waals surface area contributed by atoms with E-state index < -0.39 is 5.60 Å². The van der Waals surface area contributed by atoms with E-state index in [0.717, 1.165) is 12.8 Å². The lowest BCUT2D eigenvalue weighted by atomic mass is 9.75. The van der Waals surface area contributed by atoms with E-state index in [-0.39, 0.29) is 17.2 Å². The Morgan fingerprint density at radius 3 is 2.05 bits per heavy atom. The van der Waals surface area contributed by atoms with Crippen LogP contribution in [0.5, 0.6) is 0 Å². The maximum Gasteiger partial charge on any atom is 0.226 e. The van der Waals surface area contributed by atoms with Crippen molar-refractivity contribution < 1.29 is 9.90 Å². The zero-order valence-electron chi connectivity index (χ0n) is 15.1. The molecule has 1 fully saturated rings. The number of amides is 1. The van der Waals surface area contributed by atoms with Gasteiger partial charge in [0.05, 0.1) is 18.7 Å². The van der Waals surface area contributed by atoms with Crippen molar-refractivity contribution >= 4 is 5.91 Å². The summed E-state index contributed by atoms with van der Waals surface area (Å²) in [6.07, 6.45) is 4.45. The molecule has 0 aromatic carbocycles. The van der Waals surface area contributed by atoms with E-state index in [0.29, 0.717) is 18.5 Å². The fourth-order valence-corrected chi connectivity index (χ4v) is 3.08. The van der Waals surface area contributed by atoms with Gasteiger partial charge in [0.15, 0.2) is 0 Å². The number of nitrogens with zero attached hydrogens (tertiary/aromatic N) is 1. The fraction of sp³-hybridized carbons (Fsp3) is 0.944. The molecule has 1 amide bonds. The van der Waals surface area contributed by atoms with E-state index in [4.69, 9.17) is 0 Å². The molecule has 124 valence electrons. The Hall–Kier alpha value is -0.570. The topological polar surface area (TPSA) is 40.5 Å². The predicted octanol–water partition coefficient (Wildman–Crippen LogP) is 3.85. The van der Waals surface area contributed by atoms with Gasteiger partial charge in [-0.05, 0) is 30.6 Å². The van der Waals surface area contributed by atoms with Crippen molar-refractivity contribution in [3.8, 4) is 0 Å². The second-order valence-electron chi connectivity index (χ2n) is 9.42. The average Bonchev–Trinajstić information content (AvgIpc) is 2.21. The first kappa shape index (κ1) is 18.5. The Bertz CT molecular complexity index is 352. The third-order valence-corrected chi connectivity index (χ3v) is 4.39. The molecular weight excluding hydrogens is 262 g/mol. The molecule has 1 rings (SSSR count). The molecule has 0 aliphatic carbocycles. The van der Waals surface area contributed by atoms with Gasteiger partial charge in [0.1, 0.15) is 0 Å². The van der Waals surface area contributed by atoms with E-state index in [9.17, 15) is 9.90 Å². The molecule has 0 saturated carbocycles. The Kier molecular flexibility index (Phi) is 5.52. The molecule has 0 aromatic rings. The first-order chi connectivity index (χ1) is 9.32. The molecule has 3 nitrogen and oxygen atoms in total. The summed E-state index contributed by atoms with van der Waals surface area (Å²) in [6.45, 7) is 16.0. The minimum absolute atomic E-state index is 0.0136. The molecule has 21 heavy (non-hydrogen) atoms. The second-order valence-corrected chi connectivity index (χ2v) is 9.42. The lowest BCUT2D eigenvalue weighted by molar-refractivity contribution is -0.160. The summed E-state index contributed by atoms with van der Waals surface area (Å²) in [6, 6.07) is 0. The summed E-state index contributed by atoms with van der Waals surface area (Å²) in [5.74, 6) is 0.290. The van der Waals surface area contributed by atoms with E-state index in [1.54, 1.807) is 6.92 Å². The lowest BCUT2D eigenvalue weighted by Gasteiger charge is -2.47. The molecule has 0 radical (unpaired) electrons. The Balaban J connectivity index is 2.51. The Morgan fingerprint density at radius 2 is 1.67 bits per heavy atom. The minimum Gasteiger partial charge on any atom is -0.386 e. The van der Waals surface area contributed by atoms with Crippen molar-refractivity contribution in [2.75, 3.05) is 13.1 Å². The number of hydrogen-bond acceptors (Lipinski definition) is 2. The molecule has 1 saturated heterocycles. The SMILES string of the molecule is CC(C)(C)CCCCC(C(=O)N1CC(C)(O)C1)C(C)(C)C. The van der Waals surface area contributed by atoms with Gasteiger partial charge >= 0.3 is 0 Å². The maximum atomic E-state index is 12.7. The highest BCUT2D eigenvalue weighted by molar-refractivity contribution is 5.80. The van der Waals surface area contributed by atoms with E-state index in [1.807, 2.05) is 4.90 Å². The van der Waals surface area contributed by atoms with Crippen molar-refractivity contribution in [2.24, 2.45) is 16.7 Å². The molecule has 3 heteroatoms. The number of hydrogen-bond donors (Lipinski definition) is 1. The monoisotopic (exact) mass is 297 g/mol. The standard InChI is InChI=1S/C18H35NO2/c1-16(2,3)11-9-8-10-14(17(4,5)6)15(20)19-12-18(7,21)13-19/h14,21H,8-13H2,1-7H3. The summed E-state index contributed by atoms with van der Waals surface area (Å²) in [5, 5.41) is 9.83. The first-order valence-corrected chi connectivity index (χ1v) is 8.33. The molecule has 1 N–H and O–H groups in total. The number of likely N-dealkylation sites (tertiary alicyclic amines) is 1. The van der Waals surface area contributed by atoms with Crippen molar-refractivity contribution in [1.82, 2.24) is 4.90 Å². The number of rotatable bonds is 5. The van der Waals surface area contributed by atoms with Crippen LogP contribution in [0.1, 0.15) is 74.1 Å². The molecule has 1 aliphatic heterocycles. The van der Waals surface area contributed by atoms with Gasteiger partial charge in [0.2, 0.25) is 5.91 Å². The van der Waals surface area contributed by atoms with Crippen LogP contribution in [0.2, 0.25) is 0 Å². The highest BCUT2D eigenvalue weighted by atomic mass is 16.3. The molecule has 0 bridgehead atoms. The summed E-state index contributed by atoms with van der Waals surface area (Å²) < 4.78 is 0. The molecule has 1 atom stereocenters. The first-order valence-electron chi connectivity index (χ1n) is 8.33. The minimum atomic E-state index is -0.676. The lowest BCUT2D eigenvalue weighted by Crippen LogP contribution is -2.63. The zero-order valence-corrected chi connectivity index (χ0v) is 15.1. The van der Waals surface area contributed by atoms with Crippen molar-refractivity contribution in [3.63, 3.8) is 0 Å². The normalized spacial score (nSPS) is 20.1. The number of unbranched alkanes of at least 4 members (excludes halogenated alkanes) is 1. The molecule has 1 unspecified atom stereocenters. The number of carbonyl (C=O) groups excluding carboxylic acids is 1. The van der Waals surface area contributed by atoms with E-state index >= 15 is 0 Å². The third-order valence-electron chi connectivity index (χ3n) is 4.39. The molecule has 1 aliphatic rings. The summed E-state index contributed by atoms with van der Waals surface area (Å²) in [4.78, 5) is 14.5. The van der Waals surface area contributed by atoms with E-state index in [2.05, 4.69) is 41.5 Å². The average molecular weight is 297 g/mol. The van der Waals surface area contributed by atoms with Gasteiger partial charge in [-0.1, -0.05) is 54.4 Å². The third kappa shape index (κ3) is 5.98. The Morgan fingerprint density at radius 1 is 1.14 bits per heavy atom. The quantitative estimate of drug-likeness (QED) is 0.783. The van der Waals surface area contributed by atoms with Crippen LogP contribution in [0.4, 0.5) is 0 Å². The van der Waals surface area contributed by atoms with Crippen molar-refractivity contribution in [2.45, 2.75) is 79.8 Å². The van der Waals surface area contributed by atoms with Crippen LogP contribution in [-0.4, -0.2) is 34.6 Å². The molecule has 0 spiro atoms. The second kappa shape index (κ2) is 6.28. The Labute approximate surface area is 131 Å². The van der Waals surface area contributed by atoms with Crippen LogP contribution in [0, 0.1) is 16.7 Å². The van der Waals surface area contributed by atoms with Gasteiger partial charge < -0.3 is 10.0 Å². The predicted molar refractivity (Wildman–Crippen MR) is 88.1 cm³/mol. The van der Waals surface area contributed by atoms with Gasteiger partial charge in [-0.15, -0.1) is 0 Å². The van der Waals surface area contributed by atoms with Crippen molar-refractivity contribution in [1.29, 1.82) is 0 Å². The summed E-state index contributed by atoms with van der Waals surface area (Å²) >= 11 is 0. The van der Waals surface area contributed by atoms with Gasteiger partial charge in [-0.25, -0.2) is 0 Å². The number of β-amino-alcohol motifs (C(OH)–C–C–N with tert-alkyl or cyclic N) is 1. The number of carbonyl (C=O) groups is 1. The van der Waals surface area contributed by atoms with Gasteiger partial charge in [-0.2, -0.15) is 0 Å². The smallest absolute Gasteiger partial charge is 0.226 e. The fourth-order valence-electron chi connectivity index (χ4n) is 3.08. The van der Waals surface area contributed by atoms with Crippen LogP contribution in [0.25, 0.3) is 0 Å². The van der Waals surface area contributed by atoms with Crippen molar-refractivity contribution in [3.05, 3.63) is 0 Å². The van der Waals surface area contributed by atoms with E-state index in [1.165, 1.54) is 12.8 Å².